The molecule has 2 unspecified atom stereocenters. The normalized spacial score (nSPS) is 40.0. The van der Waals surface area contributed by atoms with Crippen molar-refractivity contribution in [2.24, 2.45) is 11.8 Å². The molecule has 124 valence electrons. The summed E-state index contributed by atoms with van der Waals surface area (Å²) in [6.45, 7) is 1.14. The molecule has 0 N–H and O–H groups in total. The van der Waals surface area contributed by atoms with Gasteiger partial charge in [0.25, 0.3) is 0 Å². The number of likely N-dealkylation sites (tertiary alicyclic amines) is 1. The predicted octanol–water partition coefficient (Wildman–Crippen LogP) is 2.28. The van der Waals surface area contributed by atoms with Crippen molar-refractivity contribution in [2.75, 3.05) is 27.8 Å². The van der Waals surface area contributed by atoms with E-state index in [1.54, 1.807) is 14.2 Å². The number of allylic oxidation sites excluding steroid dienone is 2. The van der Waals surface area contributed by atoms with E-state index in [0.717, 1.165) is 30.2 Å². The number of ether oxygens (including phenoxy) is 3. The second kappa shape index (κ2) is 3.99. The number of piperidine rings is 1. The summed E-state index contributed by atoms with van der Waals surface area (Å²) < 4.78 is 17.9. The van der Waals surface area contributed by atoms with Gasteiger partial charge in [-0.05, 0) is 48.6 Å². The summed E-state index contributed by atoms with van der Waals surface area (Å²) >= 11 is 0. The first-order valence-corrected chi connectivity index (χ1v) is 8.75. The molecule has 1 saturated carbocycles. The fourth-order valence-corrected chi connectivity index (χ4v) is 6.50. The molecule has 4 nitrogen and oxygen atoms in total. The molecule has 1 saturated heterocycles. The number of benzene rings is 1. The van der Waals surface area contributed by atoms with E-state index < -0.39 is 0 Å². The molecule has 1 spiro atoms. The molecule has 0 amide bonds. The monoisotopic (exact) mass is 323 g/mol. The molecule has 5 atom stereocenters. The second-order valence-corrected chi connectivity index (χ2v) is 7.75. The lowest BCUT2D eigenvalue weighted by Gasteiger charge is -2.46. The maximum absolute atomic E-state index is 6.56. The topological polar surface area (TPSA) is 30.9 Å². The first kappa shape index (κ1) is 13.4. The molecule has 24 heavy (non-hydrogen) atoms. The zero-order valence-corrected chi connectivity index (χ0v) is 14.2. The molecule has 4 heteroatoms. The first-order chi connectivity index (χ1) is 11.7. The number of nitrogens with zero attached hydrogens (tertiary/aromatic N) is 1. The minimum Gasteiger partial charge on any atom is -0.497 e. The summed E-state index contributed by atoms with van der Waals surface area (Å²) in [7, 11) is 5.75. The van der Waals surface area contributed by atoms with Gasteiger partial charge in [-0.25, -0.2) is 0 Å². The molecule has 2 fully saturated rings. The van der Waals surface area contributed by atoms with Crippen LogP contribution in [-0.2, 0) is 16.6 Å². The van der Waals surface area contributed by atoms with Crippen molar-refractivity contribution in [1.82, 2.24) is 4.90 Å². The van der Waals surface area contributed by atoms with Crippen LogP contribution in [0.2, 0.25) is 0 Å². The number of hydrogen-bond donors (Lipinski definition) is 0. The molecule has 2 aliphatic heterocycles. The third-order valence-corrected chi connectivity index (χ3v) is 7.13. The van der Waals surface area contributed by atoms with Crippen LogP contribution in [-0.4, -0.2) is 44.9 Å². The Morgan fingerprint density at radius 2 is 2.08 bits per heavy atom. The zero-order valence-electron chi connectivity index (χ0n) is 14.2. The van der Waals surface area contributed by atoms with Crippen LogP contribution in [0.15, 0.2) is 35.6 Å². The van der Waals surface area contributed by atoms with Crippen LogP contribution in [0.5, 0.6) is 11.5 Å². The molecule has 1 aromatic rings. The fraction of sp³-hybridized carbons (Fsp3) is 0.500. The molecule has 6 rings (SSSR count). The Bertz CT molecular complexity index is 842. The Morgan fingerprint density at radius 1 is 1.21 bits per heavy atom. The summed E-state index contributed by atoms with van der Waals surface area (Å²) in [6, 6.07) is 4.85. The van der Waals surface area contributed by atoms with Gasteiger partial charge in [0.05, 0.1) is 19.6 Å². The SMILES string of the molecule is COC1=CC=C2[C@H]3C4Cc5ccc(OC)c6c5[C@@]2(C4CN3C)[C@H]1O6. The van der Waals surface area contributed by atoms with Gasteiger partial charge in [-0.1, -0.05) is 12.1 Å². The average molecular weight is 323 g/mol. The Balaban J connectivity index is 1.71. The van der Waals surface area contributed by atoms with E-state index >= 15 is 0 Å². The molecule has 0 radical (unpaired) electrons. The van der Waals surface area contributed by atoms with Crippen LogP contribution >= 0.6 is 0 Å². The van der Waals surface area contributed by atoms with Gasteiger partial charge in [0, 0.05) is 18.2 Å². The molecule has 1 aromatic carbocycles. The van der Waals surface area contributed by atoms with Crippen molar-refractivity contribution in [1.29, 1.82) is 0 Å². The van der Waals surface area contributed by atoms with Crippen LogP contribution in [0.4, 0.5) is 0 Å². The second-order valence-electron chi connectivity index (χ2n) is 7.75. The minimum atomic E-state index is -0.0425. The quantitative estimate of drug-likeness (QED) is 0.835. The Hall–Kier alpha value is -1.94. The third kappa shape index (κ3) is 1.14. The molecular formula is C20H21NO3. The lowest BCUT2D eigenvalue weighted by Crippen LogP contribution is -2.53. The van der Waals surface area contributed by atoms with Gasteiger partial charge in [0.15, 0.2) is 17.6 Å². The molecule has 0 aromatic heterocycles. The highest BCUT2D eigenvalue weighted by Gasteiger charge is 2.73. The van der Waals surface area contributed by atoms with Gasteiger partial charge in [0.2, 0.25) is 0 Å². The van der Waals surface area contributed by atoms with Gasteiger partial charge in [0.1, 0.15) is 5.76 Å². The highest BCUT2D eigenvalue weighted by atomic mass is 16.6. The van der Waals surface area contributed by atoms with Crippen LogP contribution in [0.1, 0.15) is 11.1 Å². The number of fused-ring (bicyclic) bond motifs is 1. The summed E-state index contributed by atoms with van der Waals surface area (Å²) in [6.07, 6.45) is 5.53. The maximum Gasteiger partial charge on any atom is 0.169 e. The predicted molar refractivity (Wildman–Crippen MR) is 89.4 cm³/mol. The molecule has 2 heterocycles. The van der Waals surface area contributed by atoms with Gasteiger partial charge < -0.3 is 14.2 Å². The van der Waals surface area contributed by atoms with Crippen LogP contribution in [0.3, 0.4) is 0 Å². The highest BCUT2D eigenvalue weighted by Crippen LogP contribution is 2.71. The first-order valence-electron chi connectivity index (χ1n) is 8.75. The van der Waals surface area contributed by atoms with E-state index in [-0.39, 0.29) is 11.5 Å². The van der Waals surface area contributed by atoms with Crippen LogP contribution in [0, 0.1) is 11.8 Å². The van der Waals surface area contributed by atoms with Crippen molar-refractivity contribution in [3.05, 3.63) is 46.7 Å². The number of likely N-dealkylation sites (N-methyl/N-ethyl adjacent to an activating group) is 1. The van der Waals surface area contributed by atoms with Gasteiger partial charge >= 0.3 is 0 Å². The fourth-order valence-electron chi connectivity index (χ4n) is 6.50. The lowest BCUT2D eigenvalue weighted by molar-refractivity contribution is 0.0799. The van der Waals surface area contributed by atoms with Crippen molar-refractivity contribution in [2.45, 2.75) is 24.0 Å². The van der Waals surface area contributed by atoms with E-state index in [1.165, 1.54) is 16.7 Å². The Morgan fingerprint density at radius 3 is 2.88 bits per heavy atom. The van der Waals surface area contributed by atoms with Crippen LogP contribution < -0.4 is 9.47 Å². The van der Waals surface area contributed by atoms with Gasteiger partial charge in [-0.3, -0.25) is 4.90 Å². The van der Waals surface area contributed by atoms with E-state index in [9.17, 15) is 0 Å². The van der Waals surface area contributed by atoms with Crippen LogP contribution in [0.25, 0.3) is 0 Å². The van der Waals surface area contributed by atoms with E-state index in [0.29, 0.717) is 17.9 Å². The molecular weight excluding hydrogens is 302 g/mol. The van der Waals surface area contributed by atoms with Crippen molar-refractivity contribution in [3.63, 3.8) is 0 Å². The van der Waals surface area contributed by atoms with Crippen molar-refractivity contribution in [3.8, 4) is 11.5 Å². The molecule has 4 bridgehead atoms. The van der Waals surface area contributed by atoms with E-state index in [4.69, 9.17) is 14.2 Å². The summed E-state index contributed by atoms with van der Waals surface area (Å²) in [4.78, 5) is 2.54. The Labute approximate surface area is 141 Å². The summed E-state index contributed by atoms with van der Waals surface area (Å²) in [5, 5.41) is 0. The third-order valence-electron chi connectivity index (χ3n) is 7.13. The number of hydrogen-bond acceptors (Lipinski definition) is 4. The maximum atomic E-state index is 6.56. The van der Waals surface area contributed by atoms with Crippen molar-refractivity contribution < 1.29 is 14.2 Å². The zero-order chi connectivity index (χ0) is 16.2. The number of rotatable bonds is 2. The van der Waals surface area contributed by atoms with Gasteiger partial charge in [-0.2, -0.15) is 0 Å². The van der Waals surface area contributed by atoms with Gasteiger partial charge in [-0.15, -0.1) is 0 Å². The highest BCUT2D eigenvalue weighted by molar-refractivity contribution is 5.69. The lowest BCUT2D eigenvalue weighted by atomic mass is 9.59. The average Bonchev–Trinajstić information content (AvgIpc) is 3.16. The molecule has 5 aliphatic rings. The molecule has 3 aliphatic carbocycles. The largest absolute Gasteiger partial charge is 0.497 e. The smallest absolute Gasteiger partial charge is 0.169 e. The Kier molecular flexibility index (Phi) is 2.22. The van der Waals surface area contributed by atoms with Crippen molar-refractivity contribution >= 4 is 0 Å². The number of methoxy groups -OCH3 is 2. The summed E-state index contributed by atoms with van der Waals surface area (Å²) in [5.74, 6) is 4.03. The standard InChI is InChI=1S/C20H21NO3/c1-21-9-13-11-8-10-4-6-14(22-2)18-16(10)20(13)12(17(11)21)5-7-15(23-3)19(20)24-18/h4-7,11,13,17,19H,8-9H2,1-3H3/t11?,13?,17-,19+,20-/m1/s1. The minimum absolute atomic E-state index is 0.0423. The van der Waals surface area contributed by atoms with E-state index in [2.05, 4.69) is 36.2 Å². The summed E-state index contributed by atoms with van der Waals surface area (Å²) in [5.41, 5.74) is 4.32. The van der Waals surface area contributed by atoms with E-state index in [1.807, 2.05) is 0 Å².